The van der Waals surface area contributed by atoms with Crippen LogP contribution >= 0.6 is 24.0 Å². The molecule has 1 aromatic heterocycles. The minimum absolute atomic E-state index is 0. The van der Waals surface area contributed by atoms with E-state index in [1.165, 1.54) is 24.8 Å². The van der Waals surface area contributed by atoms with Gasteiger partial charge >= 0.3 is 0 Å². The SMILES string of the molecule is CCNC(=NCc1ncccc1C)N(C)CCC1CCOCC1.I. The molecule has 0 unspecified atom stereocenters. The zero-order valence-corrected chi connectivity index (χ0v) is 17.5. The van der Waals surface area contributed by atoms with Crippen molar-refractivity contribution < 1.29 is 4.74 Å². The molecule has 0 bridgehead atoms. The number of guanidine groups is 1. The Bertz CT molecular complexity index is 504. The number of halogens is 1. The number of hydrogen-bond acceptors (Lipinski definition) is 3. The van der Waals surface area contributed by atoms with Gasteiger partial charge in [0.15, 0.2) is 5.96 Å². The molecule has 24 heavy (non-hydrogen) atoms. The van der Waals surface area contributed by atoms with Gasteiger partial charge in [-0.25, -0.2) is 4.99 Å². The standard InChI is InChI=1S/C18H30N4O.HI/c1-4-19-18(21-14-17-15(2)6-5-10-20-17)22(3)11-7-16-8-12-23-13-9-16;/h5-6,10,16H,4,7-9,11-14H2,1-3H3,(H,19,21);1H. The Balaban J connectivity index is 0.00000288. The van der Waals surface area contributed by atoms with Crippen molar-refractivity contribution in [3.05, 3.63) is 29.6 Å². The molecule has 5 nitrogen and oxygen atoms in total. The summed E-state index contributed by atoms with van der Waals surface area (Å²) in [4.78, 5) is 11.4. The fourth-order valence-electron chi connectivity index (χ4n) is 2.82. The van der Waals surface area contributed by atoms with Crippen LogP contribution in [0.15, 0.2) is 23.3 Å². The number of pyridine rings is 1. The minimum Gasteiger partial charge on any atom is -0.381 e. The van der Waals surface area contributed by atoms with Crippen LogP contribution in [-0.4, -0.2) is 49.2 Å². The summed E-state index contributed by atoms with van der Waals surface area (Å²) < 4.78 is 5.43. The van der Waals surface area contributed by atoms with E-state index in [0.717, 1.165) is 43.9 Å². The number of ether oxygens (including phenoxy) is 1. The number of aromatic nitrogens is 1. The molecule has 0 aromatic carbocycles. The molecule has 1 fully saturated rings. The van der Waals surface area contributed by atoms with Gasteiger partial charge in [-0.05, 0) is 50.7 Å². The molecule has 0 saturated carbocycles. The van der Waals surface area contributed by atoms with Crippen molar-refractivity contribution in [2.45, 2.75) is 39.7 Å². The number of aliphatic imine (C=N–C) groups is 1. The summed E-state index contributed by atoms with van der Waals surface area (Å²) >= 11 is 0. The zero-order chi connectivity index (χ0) is 16.5. The summed E-state index contributed by atoms with van der Waals surface area (Å²) in [5.74, 6) is 1.75. The molecule has 1 aliphatic rings. The third-order valence-corrected chi connectivity index (χ3v) is 4.41. The molecule has 0 aliphatic carbocycles. The molecule has 0 spiro atoms. The summed E-state index contributed by atoms with van der Waals surface area (Å²) in [5.41, 5.74) is 2.23. The third kappa shape index (κ3) is 6.93. The molecule has 1 saturated heterocycles. The highest BCUT2D eigenvalue weighted by atomic mass is 127. The van der Waals surface area contributed by atoms with Gasteiger partial charge in [0.2, 0.25) is 0 Å². The molecular weight excluding hydrogens is 415 g/mol. The molecule has 136 valence electrons. The molecule has 6 heteroatoms. The van der Waals surface area contributed by atoms with Crippen molar-refractivity contribution in [1.82, 2.24) is 15.2 Å². The molecule has 2 rings (SSSR count). The molecular formula is C18H31IN4O. The Kier molecular flexibility index (Phi) is 10.2. The summed E-state index contributed by atoms with van der Waals surface area (Å²) in [6, 6.07) is 4.05. The van der Waals surface area contributed by atoms with Crippen molar-refractivity contribution in [3.63, 3.8) is 0 Å². The van der Waals surface area contributed by atoms with Crippen LogP contribution in [0, 0.1) is 12.8 Å². The van der Waals surface area contributed by atoms with E-state index in [9.17, 15) is 0 Å². The van der Waals surface area contributed by atoms with E-state index in [2.05, 4.69) is 42.2 Å². The fraction of sp³-hybridized carbons (Fsp3) is 0.667. The van der Waals surface area contributed by atoms with E-state index in [4.69, 9.17) is 9.73 Å². The predicted octanol–water partition coefficient (Wildman–Crippen LogP) is 3.22. The van der Waals surface area contributed by atoms with E-state index >= 15 is 0 Å². The second-order valence-corrected chi connectivity index (χ2v) is 6.20. The number of nitrogens with zero attached hydrogens (tertiary/aromatic N) is 3. The molecule has 0 amide bonds. The van der Waals surface area contributed by atoms with Crippen LogP contribution in [0.3, 0.4) is 0 Å². The molecule has 0 atom stereocenters. The maximum Gasteiger partial charge on any atom is 0.194 e. The molecule has 1 N–H and O–H groups in total. The average molecular weight is 446 g/mol. The van der Waals surface area contributed by atoms with Crippen LogP contribution in [0.25, 0.3) is 0 Å². The monoisotopic (exact) mass is 446 g/mol. The lowest BCUT2D eigenvalue weighted by molar-refractivity contribution is 0.0625. The van der Waals surface area contributed by atoms with Gasteiger partial charge in [-0.2, -0.15) is 0 Å². The quantitative estimate of drug-likeness (QED) is 0.414. The van der Waals surface area contributed by atoms with Crippen LogP contribution in [0.5, 0.6) is 0 Å². The Labute approximate surface area is 163 Å². The van der Waals surface area contributed by atoms with Gasteiger partial charge in [-0.1, -0.05) is 6.07 Å². The van der Waals surface area contributed by atoms with Crippen LogP contribution in [0.2, 0.25) is 0 Å². The second kappa shape index (κ2) is 11.6. The molecule has 2 heterocycles. The van der Waals surface area contributed by atoms with Gasteiger partial charge in [0.05, 0.1) is 12.2 Å². The normalized spacial score (nSPS) is 15.7. The first-order chi connectivity index (χ1) is 11.2. The van der Waals surface area contributed by atoms with Crippen LogP contribution in [-0.2, 0) is 11.3 Å². The summed E-state index contributed by atoms with van der Waals surface area (Å²) in [6.45, 7) is 8.55. The lowest BCUT2D eigenvalue weighted by atomic mass is 9.96. The van der Waals surface area contributed by atoms with Crippen molar-refractivity contribution in [3.8, 4) is 0 Å². The van der Waals surface area contributed by atoms with E-state index in [-0.39, 0.29) is 24.0 Å². The van der Waals surface area contributed by atoms with Gasteiger partial charge in [-0.3, -0.25) is 4.98 Å². The Morgan fingerprint density at radius 3 is 2.83 bits per heavy atom. The maximum absolute atomic E-state index is 5.43. The van der Waals surface area contributed by atoms with E-state index in [1.807, 2.05) is 12.3 Å². The Morgan fingerprint density at radius 1 is 1.42 bits per heavy atom. The van der Waals surface area contributed by atoms with Crippen molar-refractivity contribution >= 4 is 29.9 Å². The lowest BCUT2D eigenvalue weighted by Crippen LogP contribution is -2.40. The Morgan fingerprint density at radius 2 is 2.17 bits per heavy atom. The first-order valence-corrected chi connectivity index (χ1v) is 8.68. The van der Waals surface area contributed by atoms with Gasteiger partial charge in [-0.15, -0.1) is 24.0 Å². The third-order valence-electron chi connectivity index (χ3n) is 4.41. The molecule has 1 aliphatic heterocycles. The summed E-state index contributed by atoms with van der Waals surface area (Å²) in [7, 11) is 2.12. The predicted molar refractivity (Wildman–Crippen MR) is 110 cm³/mol. The van der Waals surface area contributed by atoms with Gasteiger partial charge in [0.25, 0.3) is 0 Å². The number of nitrogens with one attached hydrogen (secondary N) is 1. The number of rotatable bonds is 6. The highest BCUT2D eigenvalue weighted by Gasteiger charge is 2.15. The highest BCUT2D eigenvalue weighted by Crippen LogP contribution is 2.18. The van der Waals surface area contributed by atoms with E-state index in [1.54, 1.807) is 0 Å². The fourth-order valence-corrected chi connectivity index (χ4v) is 2.82. The van der Waals surface area contributed by atoms with Gasteiger partial charge < -0.3 is 15.0 Å². The van der Waals surface area contributed by atoms with Crippen LogP contribution in [0.4, 0.5) is 0 Å². The number of aryl methyl sites for hydroxylation is 1. The summed E-state index contributed by atoms with van der Waals surface area (Å²) in [5, 5.41) is 3.38. The molecule has 1 aromatic rings. The van der Waals surface area contributed by atoms with Crippen molar-refractivity contribution in [1.29, 1.82) is 0 Å². The van der Waals surface area contributed by atoms with Crippen LogP contribution in [0.1, 0.15) is 37.4 Å². The van der Waals surface area contributed by atoms with Crippen molar-refractivity contribution in [2.24, 2.45) is 10.9 Å². The lowest BCUT2D eigenvalue weighted by Gasteiger charge is -2.26. The topological polar surface area (TPSA) is 49.8 Å². The first kappa shape index (κ1) is 21.2. The average Bonchev–Trinajstić information content (AvgIpc) is 2.58. The smallest absolute Gasteiger partial charge is 0.194 e. The largest absolute Gasteiger partial charge is 0.381 e. The zero-order valence-electron chi connectivity index (χ0n) is 15.1. The Hall–Kier alpha value is -0.890. The van der Waals surface area contributed by atoms with Crippen molar-refractivity contribution in [2.75, 3.05) is 33.4 Å². The maximum atomic E-state index is 5.43. The van der Waals surface area contributed by atoms with Gasteiger partial charge in [0.1, 0.15) is 0 Å². The van der Waals surface area contributed by atoms with Gasteiger partial charge in [0, 0.05) is 39.5 Å². The summed E-state index contributed by atoms with van der Waals surface area (Å²) in [6.07, 6.45) is 5.41. The minimum atomic E-state index is 0. The second-order valence-electron chi connectivity index (χ2n) is 6.20. The van der Waals surface area contributed by atoms with E-state index < -0.39 is 0 Å². The first-order valence-electron chi connectivity index (χ1n) is 8.68. The number of hydrogen-bond donors (Lipinski definition) is 1. The van der Waals surface area contributed by atoms with Crippen LogP contribution < -0.4 is 5.32 Å². The van der Waals surface area contributed by atoms with E-state index in [0.29, 0.717) is 6.54 Å². The highest BCUT2D eigenvalue weighted by molar-refractivity contribution is 14.0. The molecule has 0 radical (unpaired) electrons.